The third kappa shape index (κ3) is 3.77. The molecule has 142 valence electrons. The van der Waals surface area contributed by atoms with Gasteiger partial charge in [-0.05, 0) is 17.7 Å². The minimum absolute atomic E-state index is 0.149. The Morgan fingerprint density at radius 1 is 1.15 bits per heavy atom. The van der Waals surface area contributed by atoms with Crippen LogP contribution in [0.3, 0.4) is 0 Å². The van der Waals surface area contributed by atoms with Gasteiger partial charge in [0.15, 0.2) is 0 Å². The lowest BCUT2D eigenvalue weighted by atomic mass is 9.95. The first kappa shape index (κ1) is 18.8. The predicted molar refractivity (Wildman–Crippen MR) is 91.2 cm³/mol. The van der Waals surface area contributed by atoms with Gasteiger partial charge < -0.3 is 10.6 Å². The summed E-state index contributed by atoms with van der Waals surface area (Å²) in [5.74, 6) is -0.854. The van der Waals surface area contributed by atoms with Gasteiger partial charge in [-0.2, -0.15) is 13.2 Å². The topological polar surface area (TPSA) is 89.5 Å². The molecule has 0 unspecified atom stereocenters. The molecule has 1 amide bonds. The molecule has 1 aliphatic rings. The predicted octanol–water partition coefficient (Wildman–Crippen LogP) is 3.18. The Morgan fingerprint density at radius 3 is 2.41 bits per heavy atom. The Bertz CT molecular complexity index is 871. The van der Waals surface area contributed by atoms with Crippen LogP contribution in [0.4, 0.5) is 18.9 Å². The molecule has 0 aliphatic carbocycles. The molecular formula is C18H16F3N3O3. The standard InChI is InChI=1S/C18H16F3N3O3/c19-18(20,21)12-6-7-13(16(8-12)24(26)27)17(25)23-9-14(15(22)10-23)11-4-2-1-3-5-11/h1-8,14-15H,9-10,22H2/t14-,15+/m0/s1. The molecule has 9 heteroatoms. The lowest BCUT2D eigenvalue weighted by Crippen LogP contribution is -2.32. The minimum atomic E-state index is -4.74. The largest absolute Gasteiger partial charge is 0.416 e. The van der Waals surface area contributed by atoms with Gasteiger partial charge in [0.05, 0.1) is 10.5 Å². The van der Waals surface area contributed by atoms with Crippen molar-refractivity contribution in [3.8, 4) is 0 Å². The number of hydrogen-bond donors (Lipinski definition) is 1. The number of halogens is 3. The zero-order valence-corrected chi connectivity index (χ0v) is 14.0. The van der Waals surface area contributed by atoms with Gasteiger partial charge >= 0.3 is 6.18 Å². The molecule has 0 radical (unpaired) electrons. The average molecular weight is 379 g/mol. The normalized spacial score (nSPS) is 19.9. The molecule has 2 N–H and O–H groups in total. The minimum Gasteiger partial charge on any atom is -0.336 e. The van der Waals surface area contributed by atoms with Crippen molar-refractivity contribution in [2.75, 3.05) is 13.1 Å². The molecule has 1 aliphatic heterocycles. The number of carbonyl (C=O) groups excluding carboxylic acids is 1. The van der Waals surface area contributed by atoms with Crippen molar-refractivity contribution in [1.82, 2.24) is 4.90 Å². The fourth-order valence-corrected chi connectivity index (χ4v) is 3.26. The van der Waals surface area contributed by atoms with E-state index in [0.29, 0.717) is 12.1 Å². The van der Waals surface area contributed by atoms with Gasteiger partial charge in [0.25, 0.3) is 11.6 Å². The molecule has 0 bridgehead atoms. The van der Waals surface area contributed by atoms with E-state index in [1.54, 1.807) is 0 Å². The highest BCUT2D eigenvalue weighted by molar-refractivity contribution is 5.98. The molecule has 3 rings (SSSR count). The van der Waals surface area contributed by atoms with E-state index in [2.05, 4.69) is 0 Å². The lowest BCUT2D eigenvalue weighted by molar-refractivity contribution is -0.385. The Hall–Kier alpha value is -2.94. The first-order chi connectivity index (χ1) is 12.7. The number of hydrogen-bond acceptors (Lipinski definition) is 4. The summed E-state index contributed by atoms with van der Waals surface area (Å²) >= 11 is 0. The van der Waals surface area contributed by atoms with Crippen molar-refractivity contribution >= 4 is 11.6 Å². The van der Waals surface area contributed by atoms with E-state index in [1.807, 2.05) is 30.3 Å². The van der Waals surface area contributed by atoms with Crippen molar-refractivity contribution in [1.29, 1.82) is 0 Å². The molecule has 0 aromatic heterocycles. The third-order valence-electron chi connectivity index (χ3n) is 4.63. The van der Waals surface area contributed by atoms with Gasteiger partial charge in [-0.1, -0.05) is 30.3 Å². The highest BCUT2D eigenvalue weighted by atomic mass is 19.4. The summed E-state index contributed by atoms with van der Waals surface area (Å²) in [4.78, 5) is 24.3. The third-order valence-corrected chi connectivity index (χ3v) is 4.63. The zero-order valence-electron chi connectivity index (χ0n) is 14.0. The van der Waals surface area contributed by atoms with E-state index < -0.39 is 28.3 Å². The SMILES string of the molecule is N[C@@H]1CN(C(=O)c2ccc(C(F)(F)F)cc2[N+](=O)[O-])C[C@H]1c1ccccc1. The molecule has 0 spiro atoms. The van der Waals surface area contributed by atoms with Gasteiger partial charge in [-0.25, -0.2) is 0 Å². The molecule has 1 heterocycles. The Balaban J connectivity index is 1.89. The number of benzene rings is 2. The number of nitro benzene ring substituents is 1. The van der Waals surface area contributed by atoms with Crippen LogP contribution in [0.15, 0.2) is 48.5 Å². The Labute approximate surface area is 152 Å². The van der Waals surface area contributed by atoms with Gasteiger partial charge in [0.1, 0.15) is 5.56 Å². The van der Waals surface area contributed by atoms with Crippen molar-refractivity contribution < 1.29 is 22.9 Å². The molecule has 2 aromatic carbocycles. The van der Waals surface area contributed by atoms with E-state index in [9.17, 15) is 28.1 Å². The number of nitrogens with two attached hydrogens (primary N) is 1. The van der Waals surface area contributed by atoms with Crippen molar-refractivity contribution in [3.63, 3.8) is 0 Å². The number of likely N-dealkylation sites (tertiary alicyclic amines) is 1. The van der Waals surface area contributed by atoms with Gasteiger partial charge in [-0.15, -0.1) is 0 Å². The van der Waals surface area contributed by atoms with Crippen LogP contribution in [0.5, 0.6) is 0 Å². The van der Waals surface area contributed by atoms with Crippen LogP contribution in [0.2, 0.25) is 0 Å². The number of nitrogens with zero attached hydrogens (tertiary/aromatic N) is 2. The zero-order chi connectivity index (χ0) is 19.8. The molecule has 2 aromatic rings. The summed E-state index contributed by atoms with van der Waals surface area (Å²) < 4.78 is 38.5. The quantitative estimate of drug-likeness (QED) is 0.655. The smallest absolute Gasteiger partial charge is 0.336 e. The summed E-state index contributed by atoms with van der Waals surface area (Å²) in [6.07, 6.45) is -4.74. The molecule has 0 saturated carbocycles. The second-order valence-electron chi connectivity index (χ2n) is 6.38. The van der Waals surface area contributed by atoms with Gasteiger partial charge in [0, 0.05) is 31.1 Å². The molecular weight excluding hydrogens is 363 g/mol. The Kier molecular flexibility index (Phi) is 4.88. The fourth-order valence-electron chi connectivity index (χ4n) is 3.26. The number of amides is 1. The second kappa shape index (κ2) is 6.99. The highest BCUT2D eigenvalue weighted by Gasteiger charge is 2.38. The maximum atomic E-state index is 12.8. The molecule has 1 saturated heterocycles. The van der Waals surface area contributed by atoms with Crippen LogP contribution in [0.1, 0.15) is 27.4 Å². The van der Waals surface area contributed by atoms with E-state index in [1.165, 1.54) is 4.90 Å². The van der Waals surface area contributed by atoms with E-state index in [0.717, 1.165) is 11.6 Å². The highest BCUT2D eigenvalue weighted by Crippen LogP contribution is 2.34. The van der Waals surface area contributed by atoms with Crippen LogP contribution >= 0.6 is 0 Å². The van der Waals surface area contributed by atoms with E-state index >= 15 is 0 Å². The monoisotopic (exact) mass is 379 g/mol. The summed E-state index contributed by atoms with van der Waals surface area (Å²) in [6.45, 7) is 0.402. The van der Waals surface area contributed by atoms with Gasteiger partial charge in [0.2, 0.25) is 0 Å². The first-order valence-electron chi connectivity index (χ1n) is 8.14. The summed E-state index contributed by atoms with van der Waals surface area (Å²) in [7, 11) is 0. The van der Waals surface area contributed by atoms with Crippen LogP contribution in [-0.2, 0) is 6.18 Å². The second-order valence-corrected chi connectivity index (χ2v) is 6.38. The van der Waals surface area contributed by atoms with Crippen LogP contribution < -0.4 is 5.73 Å². The maximum absolute atomic E-state index is 12.8. The summed E-state index contributed by atoms with van der Waals surface area (Å²) in [6, 6.07) is 10.8. The number of rotatable bonds is 3. The van der Waals surface area contributed by atoms with Crippen LogP contribution in [-0.4, -0.2) is 34.9 Å². The van der Waals surface area contributed by atoms with Crippen molar-refractivity contribution in [2.45, 2.75) is 18.1 Å². The molecule has 1 fully saturated rings. The van der Waals surface area contributed by atoms with Crippen molar-refractivity contribution in [3.05, 3.63) is 75.3 Å². The maximum Gasteiger partial charge on any atom is 0.416 e. The average Bonchev–Trinajstić information content (AvgIpc) is 3.02. The number of carbonyl (C=O) groups is 1. The number of alkyl halides is 3. The molecule has 27 heavy (non-hydrogen) atoms. The fraction of sp³-hybridized carbons (Fsp3) is 0.278. The van der Waals surface area contributed by atoms with E-state index in [4.69, 9.17) is 5.73 Å². The summed E-state index contributed by atoms with van der Waals surface area (Å²) in [5, 5.41) is 11.2. The number of nitro groups is 1. The van der Waals surface area contributed by atoms with Crippen molar-refractivity contribution in [2.24, 2.45) is 5.73 Å². The molecule has 2 atom stereocenters. The first-order valence-corrected chi connectivity index (χ1v) is 8.14. The van der Waals surface area contributed by atoms with Crippen LogP contribution in [0.25, 0.3) is 0 Å². The summed E-state index contributed by atoms with van der Waals surface area (Å²) in [5.41, 5.74) is 4.63. The Morgan fingerprint density at radius 2 is 1.81 bits per heavy atom. The molecule has 6 nitrogen and oxygen atoms in total. The van der Waals surface area contributed by atoms with E-state index in [-0.39, 0.29) is 30.6 Å². The lowest BCUT2D eigenvalue weighted by Gasteiger charge is -2.17. The van der Waals surface area contributed by atoms with Gasteiger partial charge in [-0.3, -0.25) is 14.9 Å². The van der Waals surface area contributed by atoms with Crippen LogP contribution in [0, 0.1) is 10.1 Å².